The van der Waals surface area contributed by atoms with Crippen LogP contribution in [0.5, 0.6) is 5.75 Å². The molecule has 0 aliphatic rings. The summed E-state index contributed by atoms with van der Waals surface area (Å²) in [5.74, 6) is -0.679. The van der Waals surface area contributed by atoms with E-state index in [1.165, 1.54) is 10.9 Å². The molecule has 0 aliphatic heterocycles. The van der Waals surface area contributed by atoms with E-state index >= 15 is 0 Å². The van der Waals surface area contributed by atoms with E-state index in [1.807, 2.05) is 19.9 Å². The molecule has 0 fully saturated rings. The van der Waals surface area contributed by atoms with Crippen LogP contribution < -0.4 is 4.74 Å². The highest BCUT2D eigenvalue weighted by Crippen LogP contribution is 2.22. The minimum absolute atomic E-state index is 0.0436. The topological polar surface area (TPSA) is 101 Å². The van der Waals surface area contributed by atoms with Crippen LogP contribution in [0.2, 0.25) is 0 Å². The van der Waals surface area contributed by atoms with Gasteiger partial charge in [-0.3, -0.25) is 0 Å². The fourth-order valence-corrected chi connectivity index (χ4v) is 1.59. The average molecular weight is 272 g/mol. The van der Waals surface area contributed by atoms with Crippen molar-refractivity contribution in [2.24, 2.45) is 0 Å². The van der Waals surface area contributed by atoms with Crippen molar-refractivity contribution < 1.29 is 14.6 Å². The van der Waals surface area contributed by atoms with Crippen LogP contribution in [0.3, 0.4) is 0 Å². The lowest BCUT2D eigenvalue weighted by Crippen LogP contribution is -2.07. The molecule has 0 bridgehead atoms. The van der Waals surface area contributed by atoms with Gasteiger partial charge in [0.1, 0.15) is 11.8 Å². The van der Waals surface area contributed by atoms with Crippen LogP contribution in [-0.4, -0.2) is 32.2 Å². The molecule has 1 N–H and O–H groups in total. The lowest BCUT2D eigenvalue weighted by atomic mass is 10.2. The van der Waals surface area contributed by atoms with E-state index < -0.39 is 5.97 Å². The number of nitriles is 1. The van der Waals surface area contributed by atoms with Gasteiger partial charge in [0.25, 0.3) is 0 Å². The third kappa shape index (κ3) is 2.75. The number of carbonyl (C=O) groups is 1. The molecule has 0 radical (unpaired) electrons. The Kier molecular flexibility index (Phi) is 3.66. The van der Waals surface area contributed by atoms with Gasteiger partial charge in [0, 0.05) is 0 Å². The van der Waals surface area contributed by atoms with Gasteiger partial charge in [0.2, 0.25) is 0 Å². The molecule has 0 atom stereocenters. The largest absolute Gasteiger partial charge is 0.490 e. The van der Waals surface area contributed by atoms with Gasteiger partial charge in [-0.05, 0) is 32.0 Å². The van der Waals surface area contributed by atoms with Gasteiger partial charge in [-0.1, -0.05) is 5.21 Å². The fourth-order valence-electron chi connectivity index (χ4n) is 1.59. The summed E-state index contributed by atoms with van der Waals surface area (Å²) in [5.41, 5.74) is 0.729. The summed E-state index contributed by atoms with van der Waals surface area (Å²) in [6, 6.07) is 6.93. The summed E-state index contributed by atoms with van der Waals surface area (Å²) in [6.45, 7) is 3.73. The molecular formula is C13H12N4O3. The molecule has 2 rings (SSSR count). The van der Waals surface area contributed by atoms with Gasteiger partial charge in [-0.2, -0.15) is 5.26 Å². The number of rotatable bonds is 4. The molecule has 1 heterocycles. The Balaban J connectivity index is 2.38. The van der Waals surface area contributed by atoms with Crippen molar-refractivity contribution in [3.63, 3.8) is 0 Å². The number of nitrogens with zero attached hydrogens (tertiary/aromatic N) is 4. The molecule has 0 unspecified atom stereocenters. The number of carboxylic acids is 1. The summed E-state index contributed by atoms with van der Waals surface area (Å²) in [5, 5.41) is 25.2. The molecule has 1 aromatic heterocycles. The van der Waals surface area contributed by atoms with Crippen molar-refractivity contribution in [2.75, 3.05) is 0 Å². The van der Waals surface area contributed by atoms with Crippen LogP contribution in [0.4, 0.5) is 0 Å². The molecule has 0 saturated carbocycles. The molecule has 102 valence electrons. The third-order valence-electron chi connectivity index (χ3n) is 2.42. The molecule has 7 nitrogen and oxygen atoms in total. The van der Waals surface area contributed by atoms with Crippen molar-refractivity contribution >= 4 is 5.97 Å². The lowest BCUT2D eigenvalue weighted by Gasteiger charge is -2.11. The van der Waals surface area contributed by atoms with Crippen LogP contribution in [-0.2, 0) is 0 Å². The summed E-state index contributed by atoms with van der Waals surface area (Å²) in [6.07, 6.45) is 1.24. The first kappa shape index (κ1) is 13.5. The minimum atomic E-state index is -1.16. The van der Waals surface area contributed by atoms with Gasteiger partial charge in [0.15, 0.2) is 5.69 Å². The Morgan fingerprint density at radius 2 is 2.25 bits per heavy atom. The first-order valence-corrected chi connectivity index (χ1v) is 5.88. The van der Waals surface area contributed by atoms with Gasteiger partial charge in [-0.25, -0.2) is 9.48 Å². The minimum Gasteiger partial charge on any atom is -0.490 e. The Hall–Kier alpha value is -2.88. The molecule has 2 aromatic rings. The monoisotopic (exact) mass is 272 g/mol. The highest BCUT2D eigenvalue weighted by molar-refractivity contribution is 5.84. The van der Waals surface area contributed by atoms with Gasteiger partial charge < -0.3 is 9.84 Å². The van der Waals surface area contributed by atoms with Crippen molar-refractivity contribution in [3.8, 4) is 17.5 Å². The maximum atomic E-state index is 10.8. The van der Waals surface area contributed by atoms with Gasteiger partial charge in [-0.15, -0.1) is 5.10 Å². The Morgan fingerprint density at radius 1 is 1.50 bits per heavy atom. The van der Waals surface area contributed by atoms with Crippen LogP contribution in [0.25, 0.3) is 5.69 Å². The maximum Gasteiger partial charge on any atom is 0.358 e. The van der Waals surface area contributed by atoms with E-state index in [1.54, 1.807) is 18.2 Å². The number of hydrogen-bond donors (Lipinski definition) is 1. The first-order valence-electron chi connectivity index (χ1n) is 5.88. The second-order valence-electron chi connectivity index (χ2n) is 4.31. The number of benzene rings is 1. The van der Waals surface area contributed by atoms with Crippen LogP contribution >= 0.6 is 0 Å². The standard InChI is InChI=1S/C13H12N4O3/c1-8(2)20-12-4-3-10(5-9(12)6-14)17-7-11(13(18)19)15-16-17/h3-5,7-8H,1-2H3,(H,18,19). The SMILES string of the molecule is CC(C)Oc1ccc(-n2cc(C(=O)O)nn2)cc1C#N. The second kappa shape index (κ2) is 5.40. The number of aromatic carboxylic acids is 1. The van der Waals surface area contributed by atoms with E-state index in [9.17, 15) is 4.79 Å². The summed E-state index contributed by atoms with van der Waals surface area (Å²) < 4.78 is 6.80. The highest BCUT2D eigenvalue weighted by atomic mass is 16.5. The average Bonchev–Trinajstić information content (AvgIpc) is 2.88. The van der Waals surface area contributed by atoms with Gasteiger partial charge in [0.05, 0.1) is 23.6 Å². The van der Waals surface area contributed by atoms with Gasteiger partial charge >= 0.3 is 5.97 Å². The predicted molar refractivity (Wildman–Crippen MR) is 68.8 cm³/mol. The van der Waals surface area contributed by atoms with E-state index in [0.29, 0.717) is 17.0 Å². The smallest absolute Gasteiger partial charge is 0.358 e. The summed E-state index contributed by atoms with van der Waals surface area (Å²) >= 11 is 0. The van der Waals surface area contributed by atoms with E-state index in [-0.39, 0.29) is 11.8 Å². The molecule has 0 saturated heterocycles. The lowest BCUT2D eigenvalue weighted by molar-refractivity contribution is 0.0690. The van der Waals surface area contributed by atoms with Crippen molar-refractivity contribution in [3.05, 3.63) is 35.7 Å². The highest BCUT2D eigenvalue weighted by Gasteiger charge is 2.12. The van der Waals surface area contributed by atoms with E-state index in [0.717, 1.165) is 0 Å². The number of hydrogen-bond acceptors (Lipinski definition) is 5. The fraction of sp³-hybridized carbons (Fsp3) is 0.231. The molecule has 7 heteroatoms. The number of carboxylic acid groups (broad SMARTS) is 1. The Morgan fingerprint density at radius 3 is 2.80 bits per heavy atom. The Labute approximate surface area is 115 Å². The third-order valence-corrected chi connectivity index (χ3v) is 2.42. The second-order valence-corrected chi connectivity index (χ2v) is 4.31. The van der Waals surface area contributed by atoms with Crippen molar-refractivity contribution in [1.29, 1.82) is 5.26 Å². The number of ether oxygens (including phenoxy) is 1. The molecule has 0 aliphatic carbocycles. The predicted octanol–water partition coefficient (Wildman–Crippen LogP) is 1.62. The zero-order valence-electron chi connectivity index (χ0n) is 10.9. The molecule has 0 spiro atoms. The normalized spacial score (nSPS) is 10.3. The van der Waals surface area contributed by atoms with Crippen LogP contribution in [0.1, 0.15) is 29.9 Å². The summed E-state index contributed by atoms with van der Waals surface area (Å²) in [7, 11) is 0. The van der Waals surface area contributed by atoms with Crippen molar-refractivity contribution in [1.82, 2.24) is 15.0 Å². The summed E-state index contributed by atoms with van der Waals surface area (Å²) in [4.78, 5) is 10.8. The molecule has 1 aromatic carbocycles. The molecule has 0 amide bonds. The van der Waals surface area contributed by atoms with Crippen LogP contribution in [0, 0.1) is 11.3 Å². The number of aromatic nitrogens is 3. The molecular weight excluding hydrogens is 260 g/mol. The quantitative estimate of drug-likeness (QED) is 0.907. The van der Waals surface area contributed by atoms with Crippen molar-refractivity contribution in [2.45, 2.75) is 20.0 Å². The zero-order chi connectivity index (χ0) is 14.7. The van der Waals surface area contributed by atoms with Crippen LogP contribution in [0.15, 0.2) is 24.4 Å². The molecule has 20 heavy (non-hydrogen) atoms. The maximum absolute atomic E-state index is 10.8. The first-order chi connectivity index (χ1) is 9.51. The van der Waals surface area contributed by atoms with E-state index in [2.05, 4.69) is 10.3 Å². The zero-order valence-corrected chi connectivity index (χ0v) is 10.9. The van der Waals surface area contributed by atoms with E-state index in [4.69, 9.17) is 15.1 Å². The Bertz CT molecular complexity index is 685.